The Morgan fingerprint density at radius 1 is 1.35 bits per heavy atom. The number of carbonyl (C=O) groups is 2. The van der Waals surface area contributed by atoms with Crippen molar-refractivity contribution < 1.29 is 9.59 Å². The lowest BCUT2D eigenvalue weighted by atomic mass is 10.2. The summed E-state index contributed by atoms with van der Waals surface area (Å²) >= 11 is 6.04. The van der Waals surface area contributed by atoms with Gasteiger partial charge in [-0.25, -0.2) is 0 Å². The summed E-state index contributed by atoms with van der Waals surface area (Å²) in [6, 6.07) is 5.32. The van der Waals surface area contributed by atoms with Crippen molar-refractivity contribution in [3.8, 4) is 0 Å². The van der Waals surface area contributed by atoms with Crippen LogP contribution in [0.3, 0.4) is 0 Å². The molecule has 2 amide bonds. The molecule has 0 aromatic heterocycles. The van der Waals surface area contributed by atoms with Crippen LogP contribution in [0, 0.1) is 0 Å². The predicted molar refractivity (Wildman–Crippen MR) is 79.1 cm³/mol. The Balaban J connectivity index is 2.03. The molecular formula is C14H18ClN3O2. The van der Waals surface area contributed by atoms with Crippen LogP contribution in [-0.2, 0) is 4.79 Å². The van der Waals surface area contributed by atoms with Gasteiger partial charge in [-0.05, 0) is 31.0 Å². The van der Waals surface area contributed by atoms with Gasteiger partial charge in [-0.3, -0.25) is 9.59 Å². The summed E-state index contributed by atoms with van der Waals surface area (Å²) in [5.74, 6) is -0.290. The minimum absolute atomic E-state index is 0.131. The van der Waals surface area contributed by atoms with E-state index in [-0.39, 0.29) is 18.4 Å². The molecule has 1 aromatic rings. The summed E-state index contributed by atoms with van der Waals surface area (Å²) in [5.41, 5.74) is 0.951. The normalized spacial score (nSPS) is 13.9. The van der Waals surface area contributed by atoms with Gasteiger partial charge >= 0.3 is 0 Å². The van der Waals surface area contributed by atoms with Crippen molar-refractivity contribution in [1.29, 1.82) is 0 Å². The first-order valence-corrected chi connectivity index (χ1v) is 6.89. The second-order valence-electron chi connectivity index (χ2n) is 5.10. The van der Waals surface area contributed by atoms with E-state index in [1.54, 1.807) is 32.3 Å². The smallest absolute Gasteiger partial charge is 0.253 e. The van der Waals surface area contributed by atoms with Crippen molar-refractivity contribution >= 4 is 29.1 Å². The van der Waals surface area contributed by atoms with Gasteiger partial charge in [-0.1, -0.05) is 11.6 Å². The molecule has 1 aromatic carbocycles. The van der Waals surface area contributed by atoms with Crippen LogP contribution in [0.15, 0.2) is 18.2 Å². The van der Waals surface area contributed by atoms with E-state index in [2.05, 4.69) is 10.6 Å². The number of hydrogen-bond acceptors (Lipinski definition) is 3. The molecule has 2 rings (SSSR count). The highest BCUT2D eigenvalue weighted by Crippen LogP contribution is 2.23. The van der Waals surface area contributed by atoms with Gasteiger partial charge in [0, 0.05) is 25.7 Å². The summed E-state index contributed by atoms with van der Waals surface area (Å²) in [5, 5.41) is 6.26. The number of amides is 2. The van der Waals surface area contributed by atoms with E-state index in [4.69, 9.17) is 11.6 Å². The summed E-state index contributed by atoms with van der Waals surface area (Å²) in [4.78, 5) is 25.1. The Bertz CT molecular complexity index is 527. The molecule has 108 valence electrons. The lowest BCUT2D eigenvalue weighted by Gasteiger charge is -2.13. The van der Waals surface area contributed by atoms with E-state index in [9.17, 15) is 9.59 Å². The molecule has 0 unspecified atom stereocenters. The topological polar surface area (TPSA) is 61.4 Å². The maximum Gasteiger partial charge on any atom is 0.253 e. The Morgan fingerprint density at radius 2 is 2.05 bits per heavy atom. The molecule has 0 saturated heterocycles. The van der Waals surface area contributed by atoms with Crippen molar-refractivity contribution in [2.45, 2.75) is 18.9 Å². The fourth-order valence-corrected chi connectivity index (χ4v) is 1.90. The number of nitrogens with zero attached hydrogens (tertiary/aromatic N) is 1. The highest BCUT2D eigenvalue weighted by atomic mass is 35.5. The van der Waals surface area contributed by atoms with E-state index in [0.29, 0.717) is 22.3 Å². The number of hydrogen-bond donors (Lipinski definition) is 2. The van der Waals surface area contributed by atoms with Crippen LogP contribution in [0.2, 0.25) is 5.02 Å². The summed E-state index contributed by atoms with van der Waals surface area (Å²) < 4.78 is 0. The minimum atomic E-state index is -0.159. The molecule has 0 aliphatic heterocycles. The van der Waals surface area contributed by atoms with Gasteiger partial charge in [0.05, 0.1) is 17.3 Å². The molecule has 0 heterocycles. The average Bonchev–Trinajstić information content (AvgIpc) is 3.22. The van der Waals surface area contributed by atoms with Crippen molar-refractivity contribution in [2.24, 2.45) is 0 Å². The molecule has 0 bridgehead atoms. The molecule has 20 heavy (non-hydrogen) atoms. The van der Waals surface area contributed by atoms with E-state index < -0.39 is 0 Å². The molecule has 0 spiro atoms. The highest BCUT2D eigenvalue weighted by Gasteiger charge is 2.21. The van der Waals surface area contributed by atoms with Crippen LogP contribution < -0.4 is 10.6 Å². The summed E-state index contributed by atoms with van der Waals surface area (Å²) in [7, 11) is 3.35. The van der Waals surface area contributed by atoms with Crippen molar-refractivity contribution in [2.75, 3.05) is 26.0 Å². The van der Waals surface area contributed by atoms with Crippen LogP contribution in [-0.4, -0.2) is 43.4 Å². The molecule has 2 N–H and O–H groups in total. The zero-order valence-electron chi connectivity index (χ0n) is 11.6. The van der Waals surface area contributed by atoms with Crippen LogP contribution in [0.4, 0.5) is 5.69 Å². The maximum absolute atomic E-state index is 11.9. The minimum Gasteiger partial charge on any atom is -0.345 e. The van der Waals surface area contributed by atoms with E-state index in [1.165, 1.54) is 4.90 Å². The Morgan fingerprint density at radius 3 is 2.65 bits per heavy atom. The SMILES string of the molecule is CN(C)C(=O)c1ccc(Cl)c(NC(=O)CNC2CC2)c1. The molecule has 1 aliphatic carbocycles. The number of rotatable bonds is 5. The van der Waals surface area contributed by atoms with E-state index in [1.807, 2.05) is 0 Å². The van der Waals surface area contributed by atoms with Crippen LogP contribution in [0.1, 0.15) is 23.2 Å². The average molecular weight is 296 g/mol. The Kier molecular flexibility index (Phi) is 4.62. The van der Waals surface area contributed by atoms with Crippen LogP contribution >= 0.6 is 11.6 Å². The fourth-order valence-electron chi connectivity index (χ4n) is 1.73. The fraction of sp³-hybridized carbons (Fsp3) is 0.429. The zero-order valence-corrected chi connectivity index (χ0v) is 12.3. The first-order chi connectivity index (χ1) is 9.47. The summed E-state index contributed by atoms with van der Waals surface area (Å²) in [6.07, 6.45) is 2.25. The maximum atomic E-state index is 11.9. The van der Waals surface area contributed by atoms with Gasteiger partial charge < -0.3 is 15.5 Å². The van der Waals surface area contributed by atoms with Gasteiger partial charge in [-0.15, -0.1) is 0 Å². The number of benzene rings is 1. The lowest BCUT2D eigenvalue weighted by Crippen LogP contribution is -2.29. The first kappa shape index (κ1) is 14.8. The van der Waals surface area contributed by atoms with Gasteiger partial charge in [-0.2, -0.15) is 0 Å². The quantitative estimate of drug-likeness (QED) is 0.870. The van der Waals surface area contributed by atoms with E-state index in [0.717, 1.165) is 12.8 Å². The van der Waals surface area contributed by atoms with Crippen LogP contribution in [0.5, 0.6) is 0 Å². The lowest BCUT2D eigenvalue weighted by molar-refractivity contribution is -0.115. The number of anilines is 1. The molecule has 1 aliphatic rings. The highest BCUT2D eigenvalue weighted by molar-refractivity contribution is 6.33. The molecule has 0 radical (unpaired) electrons. The largest absolute Gasteiger partial charge is 0.345 e. The van der Waals surface area contributed by atoms with Gasteiger partial charge in [0.1, 0.15) is 0 Å². The number of carbonyl (C=O) groups excluding carboxylic acids is 2. The standard InChI is InChI=1S/C14H18ClN3O2/c1-18(2)14(20)9-3-6-11(15)12(7-9)17-13(19)8-16-10-4-5-10/h3,6-7,10,16H,4-5,8H2,1-2H3,(H,17,19). The number of nitrogens with one attached hydrogen (secondary N) is 2. The van der Waals surface area contributed by atoms with E-state index >= 15 is 0 Å². The second kappa shape index (κ2) is 6.24. The van der Waals surface area contributed by atoms with Gasteiger partial charge in [0.15, 0.2) is 0 Å². The molecule has 0 atom stereocenters. The molecule has 5 nitrogen and oxygen atoms in total. The third-order valence-corrected chi connectivity index (χ3v) is 3.35. The van der Waals surface area contributed by atoms with Crippen molar-refractivity contribution in [3.63, 3.8) is 0 Å². The molecule has 1 fully saturated rings. The first-order valence-electron chi connectivity index (χ1n) is 6.52. The zero-order chi connectivity index (χ0) is 14.7. The molecular weight excluding hydrogens is 278 g/mol. The third-order valence-electron chi connectivity index (χ3n) is 3.02. The predicted octanol–water partition coefficient (Wildman–Crippen LogP) is 1.73. The Hall–Kier alpha value is -1.59. The van der Waals surface area contributed by atoms with Crippen LogP contribution in [0.25, 0.3) is 0 Å². The molecule has 6 heteroatoms. The van der Waals surface area contributed by atoms with Gasteiger partial charge in [0.2, 0.25) is 5.91 Å². The summed E-state index contributed by atoms with van der Waals surface area (Å²) in [6.45, 7) is 0.257. The van der Waals surface area contributed by atoms with Gasteiger partial charge in [0.25, 0.3) is 5.91 Å². The Labute approximate surface area is 123 Å². The monoisotopic (exact) mass is 295 g/mol. The van der Waals surface area contributed by atoms with Crippen molar-refractivity contribution in [3.05, 3.63) is 28.8 Å². The molecule has 1 saturated carbocycles. The third kappa shape index (κ3) is 3.95. The number of halogens is 1. The van der Waals surface area contributed by atoms with Crippen molar-refractivity contribution in [1.82, 2.24) is 10.2 Å². The second-order valence-corrected chi connectivity index (χ2v) is 5.50.